The number of halogens is 1. The maximum Gasteiger partial charge on any atom is 0.163 e. The van der Waals surface area contributed by atoms with Crippen LogP contribution >= 0.6 is 15.9 Å². The standard InChI is InChI=1S/C15H19BrO2/c1-3-6-14(17)12-9-13(16)15(18-2)11-8-5-4-7-10(11)12/h9H,3-8H2,1-2H3. The van der Waals surface area contributed by atoms with Crippen LogP contribution in [0.2, 0.25) is 0 Å². The minimum absolute atomic E-state index is 0.263. The van der Waals surface area contributed by atoms with E-state index in [1.54, 1.807) is 7.11 Å². The Labute approximate surface area is 117 Å². The molecule has 0 N–H and O–H groups in total. The molecule has 98 valence electrons. The molecule has 2 rings (SSSR count). The first-order valence-corrected chi connectivity index (χ1v) is 7.39. The van der Waals surface area contributed by atoms with Crippen LogP contribution in [-0.4, -0.2) is 12.9 Å². The van der Waals surface area contributed by atoms with Crippen LogP contribution in [-0.2, 0) is 12.8 Å². The number of hydrogen-bond donors (Lipinski definition) is 0. The fraction of sp³-hybridized carbons (Fsp3) is 0.533. The summed E-state index contributed by atoms with van der Waals surface area (Å²) in [4.78, 5) is 12.2. The van der Waals surface area contributed by atoms with Crippen LogP contribution < -0.4 is 4.74 Å². The average molecular weight is 311 g/mol. The van der Waals surface area contributed by atoms with Gasteiger partial charge in [-0.25, -0.2) is 0 Å². The maximum absolute atomic E-state index is 12.2. The highest BCUT2D eigenvalue weighted by Crippen LogP contribution is 2.38. The summed E-state index contributed by atoms with van der Waals surface area (Å²) in [6.45, 7) is 2.04. The highest BCUT2D eigenvalue weighted by Gasteiger charge is 2.23. The Morgan fingerprint density at radius 1 is 1.33 bits per heavy atom. The summed E-state index contributed by atoms with van der Waals surface area (Å²) in [7, 11) is 1.70. The van der Waals surface area contributed by atoms with E-state index >= 15 is 0 Å². The summed E-state index contributed by atoms with van der Waals surface area (Å²) < 4.78 is 6.39. The number of ether oxygens (including phenoxy) is 1. The molecule has 18 heavy (non-hydrogen) atoms. The summed E-state index contributed by atoms with van der Waals surface area (Å²) in [6.07, 6.45) is 5.90. The van der Waals surface area contributed by atoms with Crippen molar-refractivity contribution in [1.29, 1.82) is 0 Å². The predicted molar refractivity (Wildman–Crippen MR) is 76.6 cm³/mol. The average Bonchev–Trinajstić information content (AvgIpc) is 2.38. The molecule has 1 aromatic carbocycles. The van der Waals surface area contributed by atoms with E-state index in [0.29, 0.717) is 6.42 Å². The summed E-state index contributed by atoms with van der Waals surface area (Å²) in [5.74, 6) is 1.18. The molecule has 1 aromatic rings. The monoisotopic (exact) mass is 310 g/mol. The van der Waals surface area contributed by atoms with Crippen molar-refractivity contribution in [3.63, 3.8) is 0 Å². The Bertz CT molecular complexity index is 466. The van der Waals surface area contributed by atoms with Crippen LogP contribution in [0, 0.1) is 0 Å². The molecule has 3 heteroatoms. The van der Waals surface area contributed by atoms with Crippen LogP contribution in [0.1, 0.15) is 54.1 Å². The zero-order valence-corrected chi connectivity index (χ0v) is 12.6. The Hall–Kier alpha value is -0.830. The lowest BCUT2D eigenvalue weighted by molar-refractivity contribution is 0.0980. The van der Waals surface area contributed by atoms with E-state index in [2.05, 4.69) is 15.9 Å². The van der Waals surface area contributed by atoms with Crippen molar-refractivity contribution in [2.24, 2.45) is 0 Å². The molecule has 0 bridgehead atoms. The molecule has 0 aliphatic heterocycles. The van der Waals surface area contributed by atoms with Gasteiger partial charge in [-0.2, -0.15) is 0 Å². The summed E-state index contributed by atoms with van der Waals surface area (Å²) in [5, 5.41) is 0. The second-order valence-corrected chi connectivity index (χ2v) is 5.63. The fourth-order valence-corrected chi connectivity index (χ4v) is 3.34. The first kappa shape index (κ1) is 13.6. The minimum atomic E-state index is 0.263. The van der Waals surface area contributed by atoms with Crippen LogP contribution in [0.4, 0.5) is 0 Å². The second-order valence-electron chi connectivity index (χ2n) is 4.78. The van der Waals surface area contributed by atoms with Gasteiger partial charge >= 0.3 is 0 Å². The summed E-state index contributed by atoms with van der Waals surface area (Å²) >= 11 is 3.53. The summed E-state index contributed by atoms with van der Waals surface area (Å²) in [5.41, 5.74) is 3.36. The molecular formula is C15H19BrO2. The second kappa shape index (κ2) is 5.87. The zero-order valence-electron chi connectivity index (χ0n) is 11.0. The molecule has 0 unspecified atom stereocenters. The molecule has 0 aromatic heterocycles. The van der Waals surface area contributed by atoms with E-state index in [1.807, 2.05) is 13.0 Å². The number of hydrogen-bond acceptors (Lipinski definition) is 2. The number of rotatable bonds is 4. The van der Waals surface area contributed by atoms with E-state index < -0.39 is 0 Å². The number of Topliss-reactive ketones (excluding diaryl/α,β-unsaturated/α-hetero) is 1. The van der Waals surface area contributed by atoms with Gasteiger partial charge < -0.3 is 4.74 Å². The van der Waals surface area contributed by atoms with Gasteiger partial charge in [0.2, 0.25) is 0 Å². The lowest BCUT2D eigenvalue weighted by Gasteiger charge is -2.22. The number of benzene rings is 1. The van der Waals surface area contributed by atoms with Gasteiger partial charge in [-0.05, 0) is 65.2 Å². The van der Waals surface area contributed by atoms with Crippen molar-refractivity contribution in [2.45, 2.75) is 45.4 Å². The largest absolute Gasteiger partial charge is 0.495 e. The van der Waals surface area contributed by atoms with E-state index in [4.69, 9.17) is 4.74 Å². The zero-order chi connectivity index (χ0) is 13.1. The van der Waals surface area contributed by atoms with Crippen molar-refractivity contribution in [1.82, 2.24) is 0 Å². The van der Waals surface area contributed by atoms with Crippen LogP contribution in [0.5, 0.6) is 5.75 Å². The van der Waals surface area contributed by atoms with Gasteiger partial charge in [0.05, 0.1) is 11.6 Å². The minimum Gasteiger partial charge on any atom is -0.495 e. The number of ketones is 1. The van der Waals surface area contributed by atoms with Gasteiger partial charge in [0, 0.05) is 12.0 Å². The third-order valence-corrected chi connectivity index (χ3v) is 4.13. The van der Waals surface area contributed by atoms with Gasteiger partial charge in [0.25, 0.3) is 0 Å². The molecule has 2 nitrogen and oxygen atoms in total. The first-order valence-electron chi connectivity index (χ1n) is 6.60. The molecule has 0 heterocycles. The molecule has 0 spiro atoms. The Morgan fingerprint density at radius 3 is 2.61 bits per heavy atom. The fourth-order valence-electron chi connectivity index (χ4n) is 2.71. The summed E-state index contributed by atoms with van der Waals surface area (Å²) in [6, 6.07) is 1.95. The van der Waals surface area contributed by atoms with Gasteiger partial charge in [0.15, 0.2) is 5.78 Å². The molecule has 0 radical (unpaired) electrons. The molecule has 1 aliphatic carbocycles. The van der Waals surface area contributed by atoms with Gasteiger partial charge in [-0.1, -0.05) is 6.92 Å². The van der Waals surface area contributed by atoms with Gasteiger partial charge in [-0.3, -0.25) is 4.79 Å². The smallest absolute Gasteiger partial charge is 0.163 e. The quantitative estimate of drug-likeness (QED) is 0.774. The van der Waals surface area contributed by atoms with Crippen LogP contribution in [0.3, 0.4) is 0 Å². The number of methoxy groups -OCH3 is 1. The Morgan fingerprint density at radius 2 is 2.00 bits per heavy atom. The molecule has 0 amide bonds. The van der Waals surface area contributed by atoms with E-state index in [9.17, 15) is 4.79 Å². The van der Waals surface area contributed by atoms with Crippen molar-refractivity contribution < 1.29 is 9.53 Å². The molecule has 0 fully saturated rings. The van der Waals surface area contributed by atoms with Crippen molar-refractivity contribution in [3.05, 3.63) is 27.2 Å². The Kier molecular flexibility index (Phi) is 4.44. The Balaban J connectivity index is 2.54. The SMILES string of the molecule is CCCC(=O)c1cc(Br)c(OC)c2c1CCCC2. The maximum atomic E-state index is 12.2. The highest BCUT2D eigenvalue weighted by atomic mass is 79.9. The lowest BCUT2D eigenvalue weighted by Crippen LogP contribution is -2.12. The normalized spacial score (nSPS) is 14.2. The van der Waals surface area contributed by atoms with E-state index in [1.165, 1.54) is 24.0 Å². The van der Waals surface area contributed by atoms with Crippen molar-refractivity contribution >= 4 is 21.7 Å². The topological polar surface area (TPSA) is 26.3 Å². The predicted octanol–water partition coefficient (Wildman–Crippen LogP) is 4.32. The van der Waals surface area contributed by atoms with Crippen molar-refractivity contribution in [2.75, 3.05) is 7.11 Å². The first-order chi connectivity index (χ1) is 8.69. The third kappa shape index (κ3) is 2.46. The number of carbonyl (C=O) groups is 1. The number of carbonyl (C=O) groups excluding carboxylic acids is 1. The van der Waals surface area contributed by atoms with E-state index in [0.717, 1.165) is 35.0 Å². The van der Waals surface area contributed by atoms with E-state index in [-0.39, 0.29) is 5.78 Å². The van der Waals surface area contributed by atoms with Gasteiger partial charge in [-0.15, -0.1) is 0 Å². The van der Waals surface area contributed by atoms with Crippen LogP contribution in [0.25, 0.3) is 0 Å². The number of fused-ring (bicyclic) bond motifs is 1. The van der Waals surface area contributed by atoms with Crippen LogP contribution in [0.15, 0.2) is 10.5 Å². The van der Waals surface area contributed by atoms with Crippen molar-refractivity contribution in [3.8, 4) is 5.75 Å². The third-order valence-electron chi connectivity index (χ3n) is 3.54. The molecule has 0 atom stereocenters. The molecule has 0 saturated carbocycles. The molecule has 0 saturated heterocycles. The molecular weight excluding hydrogens is 292 g/mol. The van der Waals surface area contributed by atoms with Gasteiger partial charge in [0.1, 0.15) is 5.75 Å². The lowest BCUT2D eigenvalue weighted by atomic mass is 9.85. The highest BCUT2D eigenvalue weighted by molar-refractivity contribution is 9.10. The molecule has 1 aliphatic rings.